The lowest BCUT2D eigenvalue weighted by molar-refractivity contribution is -0.128. The Balaban J connectivity index is 0.00000529. The Morgan fingerprint density at radius 2 is 1.96 bits per heavy atom. The molecule has 24 heavy (non-hydrogen) atoms. The molecule has 1 unspecified atom stereocenters. The molecule has 0 radical (unpaired) electrons. The van der Waals surface area contributed by atoms with Gasteiger partial charge < -0.3 is 16.0 Å². The van der Waals surface area contributed by atoms with Gasteiger partial charge in [-0.3, -0.25) is 9.79 Å². The number of amides is 1. The van der Waals surface area contributed by atoms with Crippen molar-refractivity contribution < 1.29 is 4.79 Å². The van der Waals surface area contributed by atoms with Gasteiger partial charge in [-0.1, -0.05) is 36.8 Å². The highest BCUT2D eigenvalue weighted by Gasteiger charge is 2.26. The zero-order valence-electron chi connectivity index (χ0n) is 15.6. The van der Waals surface area contributed by atoms with Gasteiger partial charge in [0.25, 0.3) is 0 Å². The number of carbonyl (C=O) groups excluding carboxylic acids is 1. The monoisotopic (exact) mass is 446 g/mol. The Morgan fingerprint density at radius 1 is 1.29 bits per heavy atom. The Morgan fingerprint density at radius 3 is 2.50 bits per heavy atom. The summed E-state index contributed by atoms with van der Waals surface area (Å²) in [7, 11) is 3.39. The molecule has 0 aromatic heterocycles. The first-order valence-corrected chi connectivity index (χ1v) is 8.03. The fourth-order valence-electron chi connectivity index (χ4n) is 2.29. The quantitative estimate of drug-likeness (QED) is 0.358. The van der Waals surface area contributed by atoms with E-state index in [1.807, 2.05) is 13.8 Å². The van der Waals surface area contributed by atoms with Crippen LogP contribution in [0.1, 0.15) is 37.8 Å². The molecule has 6 heteroatoms. The number of benzene rings is 1. The average molecular weight is 446 g/mol. The van der Waals surface area contributed by atoms with Crippen molar-refractivity contribution in [2.45, 2.75) is 33.6 Å². The van der Waals surface area contributed by atoms with Gasteiger partial charge >= 0.3 is 0 Å². The van der Waals surface area contributed by atoms with Crippen molar-refractivity contribution in [1.82, 2.24) is 16.0 Å². The molecule has 0 saturated heterocycles. The molecule has 0 saturated carbocycles. The zero-order valence-corrected chi connectivity index (χ0v) is 17.9. The van der Waals surface area contributed by atoms with Gasteiger partial charge in [0.15, 0.2) is 5.96 Å². The normalized spacial score (nSPS) is 12.8. The molecule has 5 nitrogen and oxygen atoms in total. The molecule has 0 spiro atoms. The number of nitrogens with one attached hydrogen (secondary N) is 3. The lowest BCUT2D eigenvalue weighted by Gasteiger charge is -2.24. The van der Waals surface area contributed by atoms with Crippen molar-refractivity contribution in [2.75, 3.05) is 27.2 Å². The Kier molecular flexibility index (Phi) is 9.96. The first-order valence-electron chi connectivity index (χ1n) is 8.03. The first-order chi connectivity index (χ1) is 10.8. The molecule has 136 valence electrons. The van der Waals surface area contributed by atoms with E-state index in [1.165, 1.54) is 11.1 Å². The van der Waals surface area contributed by atoms with Crippen molar-refractivity contribution >= 4 is 35.8 Å². The van der Waals surface area contributed by atoms with Crippen molar-refractivity contribution in [3.63, 3.8) is 0 Å². The van der Waals surface area contributed by atoms with Gasteiger partial charge in [0.2, 0.25) is 5.91 Å². The number of halogens is 1. The summed E-state index contributed by atoms with van der Waals surface area (Å²) in [4.78, 5) is 16.0. The van der Waals surface area contributed by atoms with E-state index in [-0.39, 0.29) is 29.9 Å². The summed E-state index contributed by atoms with van der Waals surface area (Å²) < 4.78 is 0. The van der Waals surface area contributed by atoms with E-state index in [0.29, 0.717) is 18.4 Å². The summed E-state index contributed by atoms with van der Waals surface area (Å²) in [5.41, 5.74) is 2.08. The lowest BCUT2D eigenvalue weighted by Crippen LogP contribution is -2.47. The smallest absolute Gasteiger partial charge is 0.227 e. The zero-order chi connectivity index (χ0) is 17.5. The molecule has 0 heterocycles. The minimum atomic E-state index is -0.492. The number of nitrogens with zero attached hydrogens (tertiary/aromatic N) is 1. The molecule has 0 bridgehead atoms. The summed E-state index contributed by atoms with van der Waals surface area (Å²) in [6.45, 7) is 9.40. The third-order valence-electron chi connectivity index (χ3n) is 3.95. The topological polar surface area (TPSA) is 65.5 Å². The van der Waals surface area contributed by atoms with Crippen LogP contribution in [0, 0.1) is 12.3 Å². The van der Waals surface area contributed by atoms with Crippen LogP contribution in [0.2, 0.25) is 0 Å². The standard InChI is InChI=1S/C18H30N4O.HI/c1-13-8-7-9-15(10-13)14(2)11-21-17(20-6)22-12-18(3,4)16(23)19-5;/h7-10,14H,11-12H2,1-6H3,(H,19,23)(H2,20,21,22);1H. The summed E-state index contributed by atoms with van der Waals surface area (Å²) in [6.07, 6.45) is 0. The predicted octanol–water partition coefficient (Wildman–Crippen LogP) is 2.65. The summed E-state index contributed by atoms with van der Waals surface area (Å²) in [6, 6.07) is 8.53. The summed E-state index contributed by atoms with van der Waals surface area (Å²) in [5.74, 6) is 1.09. The van der Waals surface area contributed by atoms with E-state index in [9.17, 15) is 4.79 Å². The highest BCUT2D eigenvalue weighted by atomic mass is 127. The molecule has 1 rings (SSSR count). The number of guanidine groups is 1. The van der Waals surface area contributed by atoms with Crippen LogP contribution in [0.4, 0.5) is 0 Å². The third kappa shape index (κ3) is 7.07. The molecule has 1 aromatic rings. The molecule has 3 N–H and O–H groups in total. The average Bonchev–Trinajstić information content (AvgIpc) is 2.53. The SMILES string of the molecule is CN=C(NCC(C)c1cccc(C)c1)NCC(C)(C)C(=O)NC.I. The van der Waals surface area contributed by atoms with Crippen LogP contribution in [0.3, 0.4) is 0 Å². The number of rotatable bonds is 6. The van der Waals surface area contributed by atoms with E-state index in [4.69, 9.17) is 0 Å². The molecular formula is C18H31IN4O. The molecule has 0 aliphatic heterocycles. The molecule has 1 atom stereocenters. The largest absolute Gasteiger partial charge is 0.359 e. The van der Waals surface area contributed by atoms with E-state index >= 15 is 0 Å². The highest BCUT2D eigenvalue weighted by Crippen LogP contribution is 2.15. The van der Waals surface area contributed by atoms with Crippen LogP contribution in [0.15, 0.2) is 29.3 Å². The Labute approximate surface area is 163 Å². The molecule has 0 aliphatic carbocycles. The summed E-state index contributed by atoms with van der Waals surface area (Å²) in [5, 5.41) is 9.23. The maximum absolute atomic E-state index is 11.8. The van der Waals surface area contributed by atoms with Crippen LogP contribution in [0.25, 0.3) is 0 Å². The van der Waals surface area contributed by atoms with Crippen LogP contribution >= 0.6 is 24.0 Å². The van der Waals surface area contributed by atoms with Gasteiger partial charge in [0.05, 0.1) is 5.41 Å². The molecule has 0 fully saturated rings. The molecule has 1 amide bonds. The van der Waals surface area contributed by atoms with Crippen LogP contribution < -0.4 is 16.0 Å². The number of carbonyl (C=O) groups is 1. The van der Waals surface area contributed by atoms with Gasteiger partial charge in [-0.25, -0.2) is 0 Å². The van der Waals surface area contributed by atoms with E-state index in [1.54, 1.807) is 14.1 Å². The number of hydrogen-bond acceptors (Lipinski definition) is 2. The van der Waals surface area contributed by atoms with Crippen molar-refractivity contribution in [2.24, 2.45) is 10.4 Å². The van der Waals surface area contributed by atoms with Crippen LogP contribution in [-0.2, 0) is 4.79 Å². The Bertz CT molecular complexity index is 558. The minimum absolute atomic E-state index is 0. The second-order valence-electron chi connectivity index (χ2n) is 6.58. The number of hydrogen-bond donors (Lipinski definition) is 3. The van der Waals surface area contributed by atoms with E-state index < -0.39 is 5.41 Å². The fraction of sp³-hybridized carbons (Fsp3) is 0.556. The fourth-order valence-corrected chi connectivity index (χ4v) is 2.29. The minimum Gasteiger partial charge on any atom is -0.359 e. The van der Waals surface area contributed by atoms with E-state index in [2.05, 4.69) is 59.1 Å². The maximum Gasteiger partial charge on any atom is 0.227 e. The number of aryl methyl sites for hydroxylation is 1. The highest BCUT2D eigenvalue weighted by molar-refractivity contribution is 14.0. The van der Waals surface area contributed by atoms with Gasteiger partial charge in [-0.05, 0) is 32.3 Å². The van der Waals surface area contributed by atoms with Gasteiger partial charge in [0.1, 0.15) is 0 Å². The maximum atomic E-state index is 11.8. The Hall–Kier alpha value is -1.31. The molecule has 1 aromatic carbocycles. The third-order valence-corrected chi connectivity index (χ3v) is 3.95. The van der Waals surface area contributed by atoms with Crippen molar-refractivity contribution in [3.05, 3.63) is 35.4 Å². The molecule has 0 aliphatic rings. The van der Waals surface area contributed by atoms with E-state index in [0.717, 1.165) is 6.54 Å². The van der Waals surface area contributed by atoms with Gasteiger partial charge in [0, 0.05) is 27.2 Å². The second-order valence-corrected chi connectivity index (χ2v) is 6.58. The second kappa shape index (κ2) is 10.5. The van der Waals surface area contributed by atoms with Gasteiger partial charge in [-0.15, -0.1) is 24.0 Å². The lowest BCUT2D eigenvalue weighted by atomic mass is 9.92. The first kappa shape index (κ1) is 22.7. The van der Waals surface area contributed by atoms with Crippen LogP contribution in [0.5, 0.6) is 0 Å². The van der Waals surface area contributed by atoms with Crippen molar-refractivity contribution in [3.8, 4) is 0 Å². The summed E-state index contributed by atoms with van der Waals surface area (Å²) >= 11 is 0. The van der Waals surface area contributed by atoms with Gasteiger partial charge in [-0.2, -0.15) is 0 Å². The van der Waals surface area contributed by atoms with Crippen LogP contribution in [-0.4, -0.2) is 39.1 Å². The van der Waals surface area contributed by atoms with Crippen molar-refractivity contribution in [1.29, 1.82) is 0 Å². The number of aliphatic imine (C=N–C) groups is 1. The predicted molar refractivity (Wildman–Crippen MR) is 112 cm³/mol. The molecular weight excluding hydrogens is 415 g/mol.